The van der Waals surface area contributed by atoms with Crippen LogP contribution in [0.2, 0.25) is 0 Å². The van der Waals surface area contributed by atoms with Crippen LogP contribution in [0.4, 0.5) is 0 Å². The SMILES string of the molecule is Cc1ccc(S(=O)(=O)N2CCN[C@H](C)C2)cc1. The van der Waals surface area contributed by atoms with Gasteiger partial charge >= 0.3 is 0 Å². The Bertz CT molecular complexity index is 482. The van der Waals surface area contributed by atoms with Crippen molar-refractivity contribution in [3.05, 3.63) is 29.8 Å². The lowest BCUT2D eigenvalue weighted by Crippen LogP contribution is -2.51. The van der Waals surface area contributed by atoms with Crippen molar-refractivity contribution in [2.24, 2.45) is 0 Å². The molecule has 17 heavy (non-hydrogen) atoms. The van der Waals surface area contributed by atoms with Crippen molar-refractivity contribution < 1.29 is 8.42 Å². The molecule has 0 unspecified atom stereocenters. The van der Waals surface area contributed by atoms with Crippen LogP contribution in [-0.4, -0.2) is 38.4 Å². The summed E-state index contributed by atoms with van der Waals surface area (Å²) in [7, 11) is -3.32. The molecule has 94 valence electrons. The number of sulfonamides is 1. The summed E-state index contributed by atoms with van der Waals surface area (Å²) in [6.45, 7) is 5.74. The number of benzene rings is 1. The summed E-state index contributed by atoms with van der Waals surface area (Å²) in [5.41, 5.74) is 1.07. The Kier molecular flexibility index (Phi) is 3.51. The van der Waals surface area contributed by atoms with Crippen LogP contribution in [0.15, 0.2) is 29.2 Å². The number of nitrogens with one attached hydrogen (secondary N) is 1. The van der Waals surface area contributed by atoms with Crippen LogP contribution < -0.4 is 5.32 Å². The Morgan fingerprint density at radius 3 is 2.53 bits per heavy atom. The molecule has 2 rings (SSSR count). The first kappa shape index (κ1) is 12.5. The minimum Gasteiger partial charge on any atom is -0.312 e. The first-order valence-electron chi connectivity index (χ1n) is 5.80. The Morgan fingerprint density at radius 1 is 1.29 bits per heavy atom. The molecule has 0 radical (unpaired) electrons. The highest BCUT2D eigenvalue weighted by molar-refractivity contribution is 7.89. The third-order valence-electron chi connectivity index (χ3n) is 2.99. The molecule has 0 amide bonds. The van der Waals surface area contributed by atoms with Gasteiger partial charge in [-0.15, -0.1) is 0 Å². The van der Waals surface area contributed by atoms with Crippen molar-refractivity contribution in [2.45, 2.75) is 24.8 Å². The second kappa shape index (κ2) is 4.76. The molecular formula is C12H18N2O2S. The van der Waals surface area contributed by atoms with Gasteiger partial charge in [-0.25, -0.2) is 8.42 Å². The van der Waals surface area contributed by atoms with E-state index in [0.29, 0.717) is 24.5 Å². The molecule has 1 saturated heterocycles. The molecule has 0 bridgehead atoms. The summed E-state index contributed by atoms with van der Waals surface area (Å²) in [6, 6.07) is 7.23. The predicted octanol–water partition coefficient (Wildman–Crippen LogP) is 0.977. The van der Waals surface area contributed by atoms with E-state index in [2.05, 4.69) is 5.32 Å². The van der Waals surface area contributed by atoms with Gasteiger partial charge in [0.25, 0.3) is 0 Å². The lowest BCUT2D eigenvalue weighted by atomic mass is 10.2. The average molecular weight is 254 g/mol. The highest BCUT2D eigenvalue weighted by atomic mass is 32.2. The van der Waals surface area contributed by atoms with Gasteiger partial charge < -0.3 is 5.32 Å². The average Bonchev–Trinajstić information content (AvgIpc) is 2.29. The number of nitrogens with zero attached hydrogens (tertiary/aromatic N) is 1. The highest BCUT2D eigenvalue weighted by Crippen LogP contribution is 2.17. The van der Waals surface area contributed by atoms with Crippen molar-refractivity contribution >= 4 is 10.0 Å². The van der Waals surface area contributed by atoms with Crippen LogP contribution in [-0.2, 0) is 10.0 Å². The first-order valence-corrected chi connectivity index (χ1v) is 7.24. The van der Waals surface area contributed by atoms with E-state index >= 15 is 0 Å². The first-order chi connectivity index (χ1) is 8.00. The Hall–Kier alpha value is -0.910. The van der Waals surface area contributed by atoms with Crippen LogP contribution in [0.1, 0.15) is 12.5 Å². The maximum atomic E-state index is 12.3. The van der Waals surface area contributed by atoms with Crippen molar-refractivity contribution in [3.63, 3.8) is 0 Å². The molecule has 1 atom stereocenters. The Balaban J connectivity index is 2.26. The van der Waals surface area contributed by atoms with E-state index in [-0.39, 0.29) is 6.04 Å². The number of hydrogen-bond acceptors (Lipinski definition) is 3. The zero-order chi connectivity index (χ0) is 12.5. The van der Waals surface area contributed by atoms with Crippen molar-refractivity contribution in [1.29, 1.82) is 0 Å². The smallest absolute Gasteiger partial charge is 0.243 e. The number of rotatable bonds is 2. The van der Waals surface area contributed by atoms with E-state index in [1.165, 1.54) is 0 Å². The maximum absolute atomic E-state index is 12.3. The summed E-state index contributed by atoms with van der Waals surface area (Å²) in [5, 5.41) is 3.24. The highest BCUT2D eigenvalue weighted by Gasteiger charge is 2.28. The number of piperazine rings is 1. The number of aryl methyl sites for hydroxylation is 1. The Morgan fingerprint density at radius 2 is 1.94 bits per heavy atom. The van der Waals surface area contributed by atoms with Gasteiger partial charge in [-0.1, -0.05) is 17.7 Å². The molecule has 1 aliphatic heterocycles. The summed E-state index contributed by atoms with van der Waals surface area (Å²) in [6.07, 6.45) is 0. The molecule has 1 fully saturated rings. The lowest BCUT2D eigenvalue weighted by molar-refractivity contribution is 0.310. The quantitative estimate of drug-likeness (QED) is 0.856. The molecule has 0 spiro atoms. The Labute approximate surface area is 103 Å². The van der Waals surface area contributed by atoms with E-state index in [1.807, 2.05) is 26.0 Å². The van der Waals surface area contributed by atoms with Crippen LogP contribution in [0.3, 0.4) is 0 Å². The summed E-state index contributed by atoms with van der Waals surface area (Å²) >= 11 is 0. The molecule has 1 aromatic rings. The van der Waals surface area contributed by atoms with E-state index < -0.39 is 10.0 Å². The third-order valence-corrected chi connectivity index (χ3v) is 4.87. The van der Waals surface area contributed by atoms with Crippen LogP contribution in [0.5, 0.6) is 0 Å². The van der Waals surface area contributed by atoms with E-state index in [1.54, 1.807) is 16.4 Å². The number of hydrogen-bond donors (Lipinski definition) is 1. The fourth-order valence-corrected chi connectivity index (χ4v) is 3.50. The minimum atomic E-state index is -3.32. The molecular weight excluding hydrogens is 236 g/mol. The molecule has 1 N–H and O–H groups in total. The molecule has 0 aliphatic carbocycles. The second-order valence-corrected chi connectivity index (χ2v) is 6.47. The van der Waals surface area contributed by atoms with E-state index in [9.17, 15) is 8.42 Å². The summed E-state index contributed by atoms with van der Waals surface area (Å²) in [4.78, 5) is 0.386. The van der Waals surface area contributed by atoms with Gasteiger partial charge in [-0.2, -0.15) is 4.31 Å². The maximum Gasteiger partial charge on any atom is 0.243 e. The summed E-state index contributed by atoms with van der Waals surface area (Å²) < 4.78 is 26.2. The monoisotopic (exact) mass is 254 g/mol. The summed E-state index contributed by atoms with van der Waals surface area (Å²) in [5.74, 6) is 0. The predicted molar refractivity (Wildman–Crippen MR) is 67.4 cm³/mol. The second-order valence-electron chi connectivity index (χ2n) is 4.53. The zero-order valence-corrected chi connectivity index (χ0v) is 11.0. The van der Waals surface area contributed by atoms with Crippen LogP contribution >= 0.6 is 0 Å². The molecule has 0 saturated carbocycles. The van der Waals surface area contributed by atoms with Crippen LogP contribution in [0.25, 0.3) is 0 Å². The van der Waals surface area contributed by atoms with Gasteiger partial charge in [-0.3, -0.25) is 0 Å². The fraction of sp³-hybridized carbons (Fsp3) is 0.500. The minimum absolute atomic E-state index is 0.212. The van der Waals surface area contributed by atoms with Crippen LogP contribution in [0, 0.1) is 6.92 Å². The molecule has 0 aromatic heterocycles. The van der Waals surface area contributed by atoms with E-state index in [4.69, 9.17) is 0 Å². The van der Waals surface area contributed by atoms with Gasteiger partial charge in [0, 0.05) is 25.7 Å². The van der Waals surface area contributed by atoms with Gasteiger partial charge in [0.1, 0.15) is 0 Å². The normalized spacial score (nSPS) is 22.6. The lowest BCUT2D eigenvalue weighted by Gasteiger charge is -2.31. The van der Waals surface area contributed by atoms with Gasteiger partial charge in [0.15, 0.2) is 0 Å². The van der Waals surface area contributed by atoms with E-state index in [0.717, 1.165) is 5.56 Å². The van der Waals surface area contributed by atoms with Crippen molar-refractivity contribution in [2.75, 3.05) is 19.6 Å². The van der Waals surface area contributed by atoms with Crippen molar-refractivity contribution in [1.82, 2.24) is 9.62 Å². The van der Waals surface area contributed by atoms with Gasteiger partial charge in [0.2, 0.25) is 10.0 Å². The topological polar surface area (TPSA) is 49.4 Å². The van der Waals surface area contributed by atoms with Crippen molar-refractivity contribution in [3.8, 4) is 0 Å². The largest absolute Gasteiger partial charge is 0.312 e. The fourth-order valence-electron chi connectivity index (χ4n) is 1.97. The van der Waals surface area contributed by atoms with Gasteiger partial charge in [-0.05, 0) is 26.0 Å². The zero-order valence-electron chi connectivity index (χ0n) is 10.2. The third kappa shape index (κ3) is 2.68. The molecule has 1 aromatic carbocycles. The molecule has 1 aliphatic rings. The molecule has 4 nitrogen and oxygen atoms in total. The molecule has 1 heterocycles. The standard InChI is InChI=1S/C12H18N2O2S/c1-10-3-5-12(6-4-10)17(15,16)14-8-7-13-11(2)9-14/h3-6,11,13H,7-9H2,1-2H3/t11-/m1/s1. The molecule has 5 heteroatoms. The van der Waals surface area contributed by atoms with Gasteiger partial charge in [0.05, 0.1) is 4.90 Å².